The van der Waals surface area contributed by atoms with Crippen LogP contribution in [0.25, 0.3) is 11.5 Å². The first-order valence-electron chi connectivity index (χ1n) is 6.06. The SMILES string of the molecule is CC1CC(Nc2cccc(-c3nnco3)c2)CS1. The maximum atomic E-state index is 5.21. The maximum absolute atomic E-state index is 5.21. The molecule has 1 aromatic carbocycles. The summed E-state index contributed by atoms with van der Waals surface area (Å²) < 4.78 is 5.21. The number of nitrogens with zero attached hydrogens (tertiary/aromatic N) is 2. The monoisotopic (exact) mass is 261 g/mol. The average Bonchev–Trinajstić information content (AvgIpc) is 3.01. The van der Waals surface area contributed by atoms with Crippen LogP contribution in [0.15, 0.2) is 35.1 Å². The molecule has 1 aliphatic rings. The Morgan fingerprint density at radius 3 is 3.11 bits per heavy atom. The molecule has 18 heavy (non-hydrogen) atoms. The summed E-state index contributed by atoms with van der Waals surface area (Å²) in [6, 6.07) is 8.68. The van der Waals surface area contributed by atoms with Crippen LogP contribution in [-0.2, 0) is 0 Å². The second-order valence-corrected chi connectivity index (χ2v) is 6.02. The molecule has 0 radical (unpaired) electrons. The van der Waals surface area contributed by atoms with Crippen molar-refractivity contribution in [2.75, 3.05) is 11.1 Å². The van der Waals surface area contributed by atoms with Gasteiger partial charge in [0, 0.05) is 28.3 Å². The summed E-state index contributed by atoms with van der Waals surface area (Å²) in [4.78, 5) is 0. The lowest BCUT2D eigenvalue weighted by Gasteiger charge is -2.13. The van der Waals surface area contributed by atoms with Crippen LogP contribution in [0.2, 0.25) is 0 Å². The Labute approximate surface area is 110 Å². The van der Waals surface area contributed by atoms with Crippen molar-refractivity contribution in [3.63, 3.8) is 0 Å². The summed E-state index contributed by atoms with van der Waals surface area (Å²) in [5, 5.41) is 11.9. The molecule has 0 amide bonds. The molecule has 2 heterocycles. The highest BCUT2D eigenvalue weighted by molar-refractivity contribution is 8.00. The van der Waals surface area contributed by atoms with Crippen LogP contribution in [0.5, 0.6) is 0 Å². The molecule has 2 atom stereocenters. The van der Waals surface area contributed by atoms with Gasteiger partial charge in [0.25, 0.3) is 0 Å². The second kappa shape index (κ2) is 5.02. The van der Waals surface area contributed by atoms with Gasteiger partial charge in [0.05, 0.1) is 0 Å². The number of rotatable bonds is 3. The number of thioether (sulfide) groups is 1. The van der Waals surface area contributed by atoms with Gasteiger partial charge in [-0.3, -0.25) is 0 Å². The molecule has 1 fully saturated rings. The van der Waals surface area contributed by atoms with E-state index in [9.17, 15) is 0 Å². The predicted molar refractivity (Wildman–Crippen MR) is 73.7 cm³/mol. The number of nitrogens with one attached hydrogen (secondary N) is 1. The number of aromatic nitrogens is 2. The van der Waals surface area contributed by atoms with Gasteiger partial charge in [0.15, 0.2) is 0 Å². The van der Waals surface area contributed by atoms with E-state index in [2.05, 4.69) is 34.6 Å². The summed E-state index contributed by atoms with van der Waals surface area (Å²) in [7, 11) is 0. The largest absolute Gasteiger partial charge is 0.423 e. The van der Waals surface area contributed by atoms with Crippen molar-refractivity contribution in [2.45, 2.75) is 24.6 Å². The quantitative estimate of drug-likeness (QED) is 0.920. The fourth-order valence-corrected chi connectivity index (χ4v) is 3.34. The van der Waals surface area contributed by atoms with Gasteiger partial charge in [-0.05, 0) is 24.6 Å². The van der Waals surface area contributed by atoms with Crippen molar-refractivity contribution in [3.8, 4) is 11.5 Å². The van der Waals surface area contributed by atoms with E-state index in [1.165, 1.54) is 18.6 Å². The Hall–Kier alpha value is -1.49. The topological polar surface area (TPSA) is 51.0 Å². The summed E-state index contributed by atoms with van der Waals surface area (Å²) >= 11 is 2.02. The zero-order valence-corrected chi connectivity index (χ0v) is 11.0. The molecule has 1 saturated heterocycles. The number of benzene rings is 1. The molecule has 1 aromatic heterocycles. The Morgan fingerprint density at radius 1 is 1.44 bits per heavy atom. The fraction of sp³-hybridized carbons (Fsp3) is 0.385. The standard InChI is InChI=1S/C13H15N3OS/c1-9-5-12(7-18-9)15-11-4-2-3-10(6-11)13-16-14-8-17-13/h2-4,6,8-9,12,15H,5,7H2,1H3. The van der Waals surface area contributed by atoms with E-state index in [1.54, 1.807) is 0 Å². The Kier molecular flexibility index (Phi) is 3.23. The van der Waals surface area contributed by atoms with E-state index in [0.717, 1.165) is 16.5 Å². The molecule has 94 valence electrons. The minimum atomic E-state index is 0.558. The lowest BCUT2D eigenvalue weighted by atomic mass is 10.1. The first kappa shape index (κ1) is 11.6. The van der Waals surface area contributed by atoms with E-state index >= 15 is 0 Å². The van der Waals surface area contributed by atoms with Crippen LogP contribution in [-0.4, -0.2) is 27.2 Å². The van der Waals surface area contributed by atoms with Crippen LogP contribution >= 0.6 is 11.8 Å². The lowest BCUT2D eigenvalue weighted by molar-refractivity contribution is 0.568. The molecule has 1 aliphatic heterocycles. The molecule has 0 saturated carbocycles. The van der Waals surface area contributed by atoms with E-state index < -0.39 is 0 Å². The zero-order chi connectivity index (χ0) is 12.4. The summed E-state index contributed by atoms with van der Waals surface area (Å²) in [6.45, 7) is 2.28. The first-order valence-corrected chi connectivity index (χ1v) is 7.11. The van der Waals surface area contributed by atoms with Crippen molar-refractivity contribution in [2.24, 2.45) is 0 Å². The summed E-state index contributed by atoms with van der Waals surface area (Å²) in [5.41, 5.74) is 2.07. The Morgan fingerprint density at radius 2 is 2.39 bits per heavy atom. The minimum Gasteiger partial charge on any atom is -0.423 e. The first-order chi connectivity index (χ1) is 8.81. The van der Waals surface area contributed by atoms with Gasteiger partial charge in [-0.25, -0.2) is 0 Å². The highest BCUT2D eigenvalue weighted by atomic mass is 32.2. The molecule has 3 rings (SSSR count). The van der Waals surface area contributed by atoms with Crippen LogP contribution in [0.4, 0.5) is 5.69 Å². The number of hydrogen-bond donors (Lipinski definition) is 1. The normalized spacial score (nSPS) is 23.2. The molecule has 5 heteroatoms. The van der Waals surface area contributed by atoms with Gasteiger partial charge in [-0.1, -0.05) is 13.0 Å². The highest BCUT2D eigenvalue weighted by Gasteiger charge is 2.21. The maximum Gasteiger partial charge on any atom is 0.247 e. The molecule has 4 nitrogen and oxygen atoms in total. The van der Waals surface area contributed by atoms with Crippen molar-refractivity contribution >= 4 is 17.4 Å². The third-order valence-electron chi connectivity index (χ3n) is 3.04. The fourth-order valence-electron chi connectivity index (χ4n) is 2.19. The van der Waals surface area contributed by atoms with E-state index in [1.807, 2.05) is 23.9 Å². The molecule has 0 aliphatic carbocycles. The van der Waals surface area contributed by atoms with Gasteiger partial charge in [-0.15, -0.1) is 10.2 Å². The van der Waals surface area contributed by atoms with Gasteiger partial charge in [0.1, 0.15) is 0 Å². The van der Waals surface area contributed by atoms with Gasteiger partial charge in [-0.2, -0.15) is 11.8 Å². The number of anilines is 1. The Bertz CT molecular complexity index is 515. The van der Waals surface area contributed by atoms with E-state index in [4.69, 9.17) is 4.42 Å². The van der Waals surface area contributed by atoms with Gasteiger partial charge >= 0.3 is 0 Å². The van der Waals surface area contributed by atoms with E-state index in [-0.39, 0.29) is 0 Å². The van der Waals surface area contributed by atoms with Crippen molar-refractivity contribution in [1.82, 2.24) is 10.2 Å². The molecule has 2 aromatic rings. The smallest absolute Gasteiger partial charge is 0.247 e. The summed E-state index contributed by atoms with van der Waals surface area (Å²) in [6.07, 6.45) is 2.57. The molecule has 1 N–H and O–H groups in total. The van der Waals surface area contributed by atoms with Crippen molar-refractivity contribution in [1.29, 1.82) is 0 Å². The highest BCUT2D eigenvalue weighted by Crippen LogP contribution is 2.29. The molecular formula is C13H15N3OS. The zero-order valence-electron chi connectivity index (χ0n) is 10.2. The third-order valence-corrected chi connectivity index (χ3v) is 4.40. The molecular weight excluding hydrogens is 246 g/mol. The number of hydrogen-bond acceptors (Lipinski definition) is 5. The van der Waals surface area contributed by atoms with Crippen LogP contribution in [0, 0.1) is 0 Å². The van der Waals surface area contributed by atoms with Crippen LogP contribution in [0.3, 0.4) is 0 Å². The van der Waals surface area contributed by atoms with Crippen LogP contribution < -0.4 is 5.32 Å². The minimum absolute atomic E-state index is 0.558. The Balaban J connectivity index is 1.75. The van der Waals surface area contributed by atoms with Gasteiger partial charge < -0.3 is 9.73 Å². The lowest BCUT2D eigenvalue weighted by Crippen LogP contribution is -2.18. The average molecular weight is 261 g/mol. The van der Waals surface area contributed by atoms with Gasteiger partial charge in [0.2, 0.25) is 12.3 Å². The van der Waals surface area contributed by atoms with Crippen molar-refractivity contribution < 1.29 is 4.42 Å². The predicted octanol–water partition coefficient (Wildman–Crippen LogP) is 3.04. The molecule has 0 spiro atoms. The van der Waals surface area contributed by atoms with Crippen LogP contribution in [0.1, 0.15) is 13.3 Å². The van der Waals surface area contributed by atoms with E-state index in [0.29, 0.717) is 11.9 Å². The third kappa shape index (κ3) is 2.51. The summed E-state index contributed by atoms with van der Waals surface area (Å²) in [5.74, 6) is 1.74. The van der Waals surface area contributed by atoms with Crippen molar-refractivity contribution in [3.05, 3.63) is 30.7 Å². The molecule has 0 bridgehead atoms. The second-order valence-electron chi connectivity index (χ2n) is 4.55. The molecule has 2 unspecified atom stereocenters.